The molecule has 0 bridgehead atoms. The lowest BCUT2D eigenvalue weighted by Crippen LogP contribution is -2.21. The van der Waals surface area contributed by atoms with Gasteiger partial charge in [0.25, 0.3) is 5.91 Å². The van der Waals surface area contributed by atoms with E-state index >= 15 is 0 Å². The lowest BCUT2D eigenvalue weighted by atomic mass is 10.1. The number of alkyl halides is 3. The minimum atomic E-state index is -4.72. The number of nitrogens with one attached hydrogen (secondary N) is 2. The second kappa shape index (κ2) is 8.93. The summed E-state index contributed by atoms with van der Waals surface area (Å²) in [7, 11) is 0. The van der Waals surface area contributed by atoms with Crippen molar-refractivity contribution in [3.8, 4) is 0 Å². The van der Waals surface area contributed by atoms with E-state index < -0.39 is 29.0 Å². The van der Waals surface area contributed by atoms with Gasteiger partial charge >= 0.3 is 6.18 Å². The summed E-state index contributed by atoms with van der Waals surface area (Å²) in [6.07, 6.45) is -3.73. The van der Waals surface area contributed by atoms with E-state index in [0.717, 1.165) is 30.3 Å². The van der Waals surface area contributed by atoms with Gasteiger partial charge in [0.05, 0.1) is 21.7 Å². The number of halogens is 5. The summed E-state index contributed by atoms with van der Waals surface area (Å²) in [5.74, 6) is -1.55. The van der Waals surface area contributed by atoms with Crippen LogP contribution in [0.5, 0.6) is 0 Å². The molecule has 1 heterocycles. The molecule has 1 amide bonds. The molecule has 2 aromatic carbocycles. The van der Waals surface area contributed by atoms with E-state index in [-0.39, 0.29) is 16.3 Å². The SMILES string of the molecule is Cc1nccc(C(F)(F)F)c1C(=O)Nc1ccc(F)c(SNc2ccc(Cl)cc2)c1. The molecule has 0 saturated heterocycles. The molecule has 2 N–H and O–H groups in total. The molecule has 4 nitrogen and oxygen atoms in total. The Hall–Kier alpha value is -2.78. The molecule has 1 aromatic heterocycles. The number of aryl methyl sites for hydroxylation is 1. The van der Waals surface area contributed by atoms with Gasteiger partial charge < -0.3 is 10.0 Å². The van der Waals surface area contributed by atoms with Crippen LogP contribution in [0.2, 0.25) is 5.02 Å². The van der Waals surface area contributed by atoms with Gasteiger partial charge in [-0.25, -0.2) is 4.39 Å². The monoisotopic (exact) mass is 455 g/mol. The van der Waals surface area contributed by atoms with Crippen LogP contribution >= 0.6 is 23.5 Å². The highest BCUT2D eigenvalue weighted by Crippen LogP contribution is 2.33. The Labute approximate surface area is 178 Å². The summed E-state index contributed by atoms with van der Waals surface area (Å²) >= 11 is 6.76. The first-order chi connectivity index (χ1) is 14.1. The van der Waals surface area contributed by atoms with E-state index in [2.05, 4.69) is 15.0 Å². The van der Waals surface area contributed by atoms with E-state index in [4.69, 9.17) is 11.6 Å². The van der Waals surface area contributed by atoms with Crippen molar-refractivity contribution in [2.24, 2.45) is 0 Å². The Kier molecular flexibility index (Phi) is 6.52. The number of carbonyl (C=O) groups is 1. The fraction of sp³-hybridized carbons (Fsp3) is 0.100. The molecule has 10 heteroatoms. The number of carbonyl (C=O) groups excluding carboxylic acids is 1. The molecule has 0 unspecified atom stereocenters. The molecule has 0 spiro atoms. The van der Waals surface area contributed by atoms with Gasteiger partial charge in [0, 0.05) is 22.6 Å². The Morgan fingerprint density at radius 2 is 1.73 bits per heavy atom. The molecule has 0 atom stereocenters. The molecule has 0 saturated carbocycles. The van der Waals surface area contributed by atoms with Gasteiger partial charge in [-0.1, -0.05) is 11.6 Å². The van der Waals surface area contributed by atoms with Crippen LogP contribution in [0.3, 0.4) is 0 Å². The number of benzene rings is 2. The van der Waals surface area contributed by atoms with Crippen LogP contribution in [0.25, 0.3) is 0 Å². The highest BCUT2D eigenvalue weighted by Gasteiger charge is 2.36. The number of rotatable bonds is 5. The van der Waals surface area contributed by atoms with Gasteiger partial charge in [-0.3, -0.25) is 9.78 Å². The van der Waals surface area contributed by atoms with Gasteiger partial charge in [0.2, 0.25) is 0 Å². The first kappa shape index (κ1) is 21.9. The van der Waals surface area contributed by atoms with E-state index in [9.17, 15) is 22.4 Å². The molecule has 156 valence electrons. The van der Waals surface area contributed by atoms with Crippen molar-refractivity contribution in [2.45, 2.75) is 18.0 Å². The Morgan fingerprint density at radius 1 is 1.07 bits per heavy atom. The van der Waals surface area contributed by atoms with Crippen LogP contribution < -0.4 is 10.0 Å². The summed E-state index contributed by atoms with van der Waals surface area (Å²) in [4.78, 5) is 16.4. The number of pyridine rings is 1. The number of anilines is 2. The lowest BCUT2D eigenvalue weighted by molar-refractivity contribution is -0.138. The van der Waals surface area contributed by atoms with Crippen LogP contribution in [0, 0.1) is 12.7 Å². The number of nitrogens with zero attached hydrogens (tertiary/aromatic N) is 1. The van der Waals surface area contributed by atoms with Crippen LogP contribution in [0.15, 0.2) is 59.6 Å². The highest BCUT2D eigenvalue weighted by molar-refractivity contribution is 8.00. The minimum absolute atomic E-state index is 0.0663. The maximum Gasteiger partial charge on any atom is 0.417 e. The molecular formula is C20H14ClF4N3OS. The predicted octanol–water partition coefficient (Wildman–Crippen LogP) is 6.57. The number of hydrogen-bond donors (Lipinski definition) is 2. The Bertz CT molecular complexity index is 1070. The molecule has 0 aliphatic rings. The number of aromatic nitrogens is 1. The first-order valence-electron chi connectivity index (χ1n) is 8.47. The summed E-state index contributed by atoms with van der Waals surface area (Å²) < 4.78 is 56.8. The fourth-order valence-electron chi connectivity index (χ4n) is 2.57. The predicted molar refractivity (Wildman–Crippen MR) is 109 cm³/mol. The molecule has 0 fully saturated rings. The Morgan fingerprint density at radius 3 is 2.40 bits per heavy atom. The Balaban J connectivity index is 1.80. The average molecular weight is 456 g/mol. The number of amides is 1. The van der Waals surface area contributed by atoms with Crippen molar-refractivity contribution >= 4 is 40.8 Å². The van der Waals surface area contributed by atoms with Crippen molar-refractivity contribution in [1.82, 2.24) is 4.98 Å². The van der Waals surface area contributed by atoms with Crippen LogP contribution in [0.1, 0.15) is 21.6 Å². The topological polar surface area (TPSA) is 54.0 Å². The van der Waals surface area contributed by atoms with Crippen LogP contribution in [0.4, 0.5) is 28.9 Å². The van der Waals surface area contributed by atoms with Gasteiger partial charge in [0.15, 0.2) is 0 Å². The van der Waals surface area contributed by atoms with Gasteiger partial charge in [-0.05, 0) is 67.4 Å². The third-order valence-corrected chi connectivity index (χ3v) is 5.11. The van der Waals surface area contributed by atoms with Crippen molar-refractivity contribution in [2.75, 3.05) is 10.0 Å². The molecular weight excluding hydrogens is 442 g/mol. The third-order valence-electron chi connectivity index (χ3n) is 3.99. The summed E-state index contributed by atoms with van der Waals surface area (Å²) in [6, 6.07) is 11.1. The standard InChI is InChI=1S/C20H14ClF4N3OS/c1-11-18(15(8-9-26-11)20(23,24)25)19(29)27-14-6-7-16(22)17(10-14)30-28-13-4-2-12(21)3-5-13/h2-10,28H,1H3,(H,27,29). The average Bonchev–Trinajstić information content (AvgIpc) is 2.68. The molecule has 30 heavy (non-hydrogen) atoms. The molecule has 3 aromatic rings. The normalized spacial score (nSPS) is 11.3. The smallest absolute Gasteiger partial charge is 0.326 e. The summed E-state index contributed by atoms with van der Waals surface area (Å²) in [6.45, 7) is 1.31. The maximum absolute atomic E-state index is 14.1. The first-order valence-corrected chi connectivity index (χ1v) is 9.66. The van der Waals surface area contributed by atoms with Crippen LogP contribution in [-0.2, 0) is 6.18 Å². The zero-order valence-corrected chi connectivity index (χ0v) is 16.9. The third kappa shape index (κ3) is 5.22. The molecule has 0 aliphatic heterocycles. The second-order valence-electron chi connectivity index (χ2n) is 6.13. The van der Waals surface area contributed by atoms with Crippen molar-refractivity contribution in [3.05, 3.63) is 82.4 Å². The minimum Gasteiger partial charge on any atom is -0.326 e. The van der Waals surface area contributed by atoms with Crippen molar-refractivity contribution in [1.29, 1.82) is 0 Å². The highest BCUT2D eigenvalue weighted by atomic mass is 35.5. The van der Waals surface area contributed by atoms with Crippen molar-refractivity contribution < 1.29 is 22.4 Å². The van der Waals surface area contributed by atoms with E-state index in [1.807, 2.05) is 0 Å². The molecule has 0 aliphatic carbocycles. The van der Waals surface area contributed by atoms with Gasteiger partial charge in [-0.2, -0.15) is 13.2 Å². The zero-order chi connectivity index (χ0) is 21.9. The molecule has 3 rings (SSSR count). The van der Waals surface area contributed by atoms with E-state index in [1.165, 1.54) is 19.1 Å². The zero-order valence-electron chi connectivity index (χ0n) is 15.3. The summed E-state index contributed by atoms with van der Waals surface area (Å²) in [5.41, 5.74) is -0.933. The lowest BCUT2D eigenvalue weighted by Gasteiger charge is -2.15. The summed E-state index contributed by atoms with van der Waals surface area (Å²) in [5, 5.41) is 2.93. The van der Waals surface area contributed by atoms with Crippen molar-refractivity contribution in [3.63, 3.8) is 0 Å². The fourth-order valence-corrected chi connectivity index (χ4v) is 3.42. The van der Waals surface area contributed by atoms with E-state index in [1.54, 1.807) is 24.3 Å². The molecule has 0 radical (unpaired) electrons. The quantitative estimate of drug-likeness (QED) is 0.337. The van der Waals surface area contributed by atoms with Gasteiger partial charge in [0.1, 0.15) is 5.82 Å². The van der Waals surface area contributed by atoms with E-state index in [0.29, 0.717) is 10.7 Å². The second-order valence-corrected chi connectivity index (χ2v) is 7.41. The maximum atomic E-state index is 14.1. The largest absolute Gasteiger partial charge is 0.417 e. The van der Waals surface area contributed by atoms with Gasteiger partial charge in [-0.15, -0.1) is 0 Å². The van der Waals surface area contributed by atoms with Crippen LogP contribution in [-0.4, -0.2) is 10.9 Å². The number of hydrogen-bond acceptors (Lipinski definition) is 4.